The number of carbonyl (C=O) groups excluding carboxylic acids is 1. The van der Waals surface area contributed by atoms with E-state index < -0.39 is 0 Å². The fourth-order valence-electron chi connectivity index (χ4n) is 2.74. The third kappa shape index (κ3) is 2.01. The molecule has 0 atom stereocenters. The lowest BCUT2D eigenvalue weighted by Crippen LogP contribution is -2.31. The first-order valence-electron chi connectivity index (χ1n) is 6.85. The second kappa shape index (κ2) is 4.78. The highest BCUT2D eigenvalue weighted by atomic mass is 19.1. The largest absolute Gasteiger partial charge is 0.341 e. The van der Waals surface area contributed by atoms with Gasteiger partial charge in [-0.2, -0.15) is 0 Å². The quantitative estimate of drug-likeness (QED) is 0.822. The molecule has 1 aromatic heterocycles. The van der Waals surface area contributed by atoms with Crippen molar-refractivity contribution in [1.82, 2.24) is 4.57 Å². The molecule has 0 radical (unpaired) electrons. The van der Waals surface area contributed by atoms with E-state index >= 15 is 0 Å². The van der Waals surface area contributed by atoms with E-state index in [2.05, 4.69) is 0 Å². The van der Waals surface area contributed by atoms with Crippen molar-refractivity contribution < 1.29 is 9.18 Å². The van der Waals surface area contributed by atoms with Crippen LogP contribution in [0.1, 0.15) is 35.9 Å². The van der Waals surface area contributed by atoms with Gasteiger partial charge in [0, 0.05) is 24.5 Å². The molecule has 3 nitrogen and oxygen atoms in total. The first kappa shape index (κ1) is 12.9. The Kier molecular flexibility index (Phi) is 3.08. The predicted octanol–water partition coefficient (Wildman–Crippen LogP) is 3.41. The minimum Gasteiger partial charge on any atom is -0.341 e. The molecule has 2 aromatic rings. The van der Waals surface area contributed by atoms with Gasteiger partial charge in [0.25, 0.3) is 5.91 Å². The lowest BCUT2D eigenvalue weighted by atomic mass is 10.1. The number of nitrogens with zero attached hydrogens (tertiary/aromatic N) is 2. The molecule has 1 aliphatic rings. The Labute approximate surface area is 117 Å². The molecule has 0 spiro atoms. The molecule has 4 heteroatoms. The van der Waals surface area contributed by atoms with E-state index in [4.69, 9.17) is 0 Å². The Morgan fingerprint density at radius 1 is 1.30 bits per heavy atom. The summed E-state index contributed by atoms with van der Waals surface area (Å²) in [7, 11) is 0. The van der Waals surface area contributed by atoms with Crippen LogP contribution in [-0.2, 0) is 6.42 Å². The van der Waals surface area contributed by atoms with Gasteiger partial charge in [0.1, 0.15) is 11.5 Å². The van der Waals surface area contributed by atoms with Gasteiger partial charge in [0.05, 0.1) is 0 Å². The minimum absolute atomic E-state index is 0.0194. The number of fused-ring (bicyclic) bond motifs is 1. The molecular formula is C16H17FN2O. The fourth-order valence-corrected chi connectivity index (χ4v) is 2.74. The molecule has 1 aromatic carbocycles. The van der Waals surface area contributed by atoms with Gasteiger partial charge in [-0.25, -0.2) is 4.39 Å². The Morgan fingerprint density at radius 2 is 2.10 bits per heavy atom. The second-order valence-corrected chi connectivity index (χ2v) is 5.37. The average Bonchev–Trinajstić information content (AvgIpc) is 3.03. The summed E-state index contributed by atoms with van der Waals surface area (Å²) in [6.07, 6.45) is 2.63. The van der Waals surface area contributed by atoms with Gasteiger partial charge in [-0.05, 0) is 56.2 Å². The molecule has 0 saturated heterocycles. The zero-order valence-corrected chi connectivity index (χ0v) is 11.6. The number of hydrogen-bond donors (Lipinski definition) is 0. The van der Waals surface area contributed by atoms with Crippen LogP contribution in [0.15, 0.2) is 36.5 Å². The highest BCUT2D eigenvalue weighted by Gasteiger charge is 2.27. The zero-order chi connectivity index (χ0) is 14.3. The minimum atomic E-state index is -0.247. The van der Waals surface area contributed by atoms with E-state index in [9.17, 15) is 9.18 Å². The van der Waals surface area contributed by atoms with Gasteiger partial charge in [0.15, 0.2) is 0 Å². The Balaban J connectivity index is 1.96. The molecule has 0 N–H and O–H groups in total. The van der Waals surface area contributed by atoms with Crippen LogP contribution >= 0.6 is 0 Å². The summed E-state index contributed by atoms with van der Waals surface area (Å²) in [6.45, 7) is 4.70. The predicted molar refractivity (Wildman–Crippen MR) is 76.6 cm³/mol. The van der Waals surface area contributed by atoms with E-state index in [0.717, 1.165) is 11.3 Å². The van der Waals surface area contributed by atoms with E-state index in [1.165, 1.54) is 12.1 Å². The first-order chi connectivity index (χ1) is 9.58. The smallest absolute Gasteiger partial charge is 0.274 e. The van der Waals surface area contributed by atoms with Crippen molar-refractivity contribution >= 4 is 11.6 Å². The fraction of sp³-hybridized carbons (Fsp3) is 0.312. The number of halogens is 1. The molecule has 0 unspecified atom stereocenters. The van der Waals surface area contributed by atoms with Crippen LogP contribution in [0.25, 0.3) is 0 Å². The van der Waals surface area contributed by atoms with Crippen molar-refractivity contribution in [3.63, 3.8) is 0 Å². The van der Waals surface area contributed by atoms with Gasteiger partial charge in [-0.3, -0.25) is 4.79 Å². The highest BCUT2D eigenvalue weighted by Crippen LogP contribution is 2.30. The molecule has 0 fully saturated rings. The zero-order valence-electron chi connectivity index (χ0n) is 11.6. The number of aromatic nitrogens is 1. The van der Waals surface area contributed by atoms with Gasteiger partial charge in [-0.1, -0.05) is 0 Å². The second-order valence-electron chi connectivity index (χ2n) is 5.37. The van der Waals surface area contributed by atoms with E-state index in [1.54, 1.807) is 11.0 Å². The standard InChI is InChI=1S/C16H17FN2O/c1-11(2)18-8-3-4-15(18)16(20)19-9-7-12-10-13(17)5-6-14(12)19/h3-6,8,10-11H,7,9H2,1-2H3. The normalized spacial score (nSPS) is 13.9. The summed E-state index contributed by atoms with van der Waals surface area (Å²) in [5.74, 6) is -0.266. The van der Waals surface area contributed by atoms with Crippen LogP contribution in [0.3, 0.4) is 0 Å². The molecule has 0 saturated carbocycles. The number of rotatable bonds is 2. The topological polar surface area (TPSA) is 25.2 Å². The molecule has 20 heavy (non-hydrogen) atoms. The number of anilines is 1. The van der Waals surface area contributed by atoms with E-state index in [1.807, 2.05) is 36.7 Å². The lowest BCUT2D eigenvalue weighted by Gasteiger charge is -2.20. The van der Waals surface area contributed by atoms with Crippen molar-refractivity contribution in [1.29, 1.82) is 0 Å². The number of benzene rings is 1. The summed E-state index contributed by atoms with van der Waals surface area (Å²) >= 11 is 0. The SMILES string of the molecule is CC(C)n1cccc1C(=O)N1CCc2cc(F)ccc21. The monoisotopic (exact) mass is 272 g/mol. The molecule has 104 valence electrons. The maximum absolute atomic E-state index is 13.2. The van der Waals surface area contributed by atoms with Gasteiger partial charge in [0.2, 0.25) is 0 Å². The maximum Gasteiger partial charge on any atom is 0.274 e. The number of carbonyl (C=O) groups is 1. The number of hydrogen-bond acceptors (Lipinski definition) is 1. The van der Waals surface area contributed by atoms with Crippen LogP contribution in [0.5, 0.6) is 0 Å². The highest BCUT2D eigenvalue weighted by molar-refractivity contribution is 6.06. The third-order valence-corrected chi connectivity index (χ3v) is 3.74. The Morgan fingerprint density at radius 3 is 2.85 bits per heavy atom. The van der Waals surface area contributed by atoms with Crippen molar-refractivity contribution in [2.75, 3.05) is 11.4 Å². The average molecular weight is 272 g/mol. The molecule has 1 aliphatic heterocycles. The molecule has 1 amide bonds. The summed E-state index contributed by atoms with van der Waals surface area (Å²) < 4.78 is 15.2. The summed E-state index contributed by atoms with van der Waals surface area (Å²) in [4.78, 5) is 14.4. The lowest BCUT2D eigenvalue weighted by molar-refractivity contribution is 0.0979. The Hall–Kier alpha value is -2.10. The molecule has 2 heterocycles. The van der Waals surface area contributed by atoms with Gasteiger partial charge < -0.3 is 9.47 Å². The first-order valence-corrected chi connectivity index (χ1v) is 6.85. The van der Waals surface area contributed by atoms with Gasteiger partial charge >= 0.3 is 0 Å². The Bertz CT molecular complexity index is 660. The number of amides is 1. The third-order valence-electron chi connectivity index (χ3n) is 3.74. The van der Waals surface area contributed by atoms with Crippen molar-refractivity contribution in [3.8, 4) is 0 Å². The van der Waals surface area contributed by atoms with E-state index in [0.29, 0.717) is 18.7 Å². The van der Waals surface area contributed by atoms with Crippen LogP contribution in [-0.4, -0.2) is 17.0 Å². The summed E-state index contributed by atoms with van der Waals surface area (Å²) in [5.41, 5.74) is 2.41. The van der Waals surface area contributed by atoms with E-state index in [-0.39, 0.29) is 17.8 Å². The molecular weight excluding hydrogens is 255 g/mol. The maximum atomic E-state index is 13.2. The van der Waals surface area contributed by atoms with Gasteiger partial charge in [-0.15, -0.1) is 0 Å². The molecule has 0 bridgehead atoms. The van der Waals surface area contributed by atoms with Crippen LogP contribution in [0, 0.1) is 5.82 Å². The van der Waals surface area contributed by atoms with Crippen LogP contribution < -0.4 is 4.90 Å². The van der Waals surface area contributed by atoms with Crippen LogP contribution in [0.2, 0.25) is 0 Å². The summed E-state index contributed by atoms with van der Waals surface area (Å²) in [5, 5.41) is 0. The van der Waals surface area contributed by atoms with Crippen molar-refractivity contribution in [3.05, 3.63) is 53.6 Å². The molecule has 3 rings (SSSR count). The van der Waals surface area contributed by atoms with Crippen LogP contribution in [0.4, 0.5) is 10.1 Å². The van der Waals surface area contributed by atoms with Crippen molar-refractivity contribution in [2.24, 2.45) is 0 Å². The molecule has 0 aliphatic carbocycles. The summed E-state index contributed by atoms with van der Waals surface area (Å²) in [6, 6.07) is 8.58. The van der Waals surface area contributed by atoms with Crippen molar-refractivity contribution in [2.45, 2.75) is 26.3 Å².